The fraction of sp³-hybridized carbons (Fsp3) is 0.167. The fourth-order valence-electron chi connectivity index (χ4n) is 0.562. The molecular weight excluding hydrogens is 159 g/mol. The zero-order chi connectivity index (χ0) is 6.85. The summed E-state index contributed by atoms with van der Waals surface area (Å²) < 4.78 is 0. The summed E-state index contributed by atoms with van der Waals surface area (Å²) in [6, 6.07) is 0. The first-order valence-electron chi connectivity index (χ1n) is 2.48. The summed E-state index contributed by atoms with van der Waals surface area (Å²) in [5, 5.41) is 9.85. The van der Waals surface area contributed by atoms with Gasteiger partial charge in [0.05, 0.1) is 5.03 Å². The van der Waals surface area contributed by atoms with Crippen molar-refractivity contribution in [2.24, 2.45) is 0 Å². The fourth-order valence-corrected chi connectivity index (χ4v) is 1.01. The van der Waals surface area contributed by atoms with Crippen LogP contribution in [0.2, 0.25) is 0 Å². The van der Waals surface area contributed by atoms with Crippen LogP contribution in [0.25, 0.3) is 0 Å². The second kappa shape index (κ2) is 2.63. The minimum Gasteiger partial charge on any atom is -0.510 e. The molecule has 0 saturated carbocycles. The number of aliphatic hydroxyl groups excluding tert-OH is 1. The molecule has 0 saturated heterocycles. The third kappa shape index (κ3) is 1.63. The smallest absolute Gasteiger partial charge is 0.115 e. The second-order valence-corrected chi connectivity index (χ2v) is 2.63. The lowest BCUT2D eigenvalue weighted by molar-refractivity contribution is 0.415. The Kier molecular flexibility index (Phi) is 2.04. The molecule has 3 heteroatoms. The van der Waals surface area contributed by atoms with Crippen molar-refractivity contribution < 1.29 is 5.11 Å². The lowest BCUT2D eigenvalue weighted by Crippen LogP contribution is -1.92. The molecule has 0 spiro atoms. The minimum absolute atomic E-state index is 0.112. The molecular formula is C6H5Cl2O. The molecule has 0 aromatic heterocycles. The van der Waals surface area contributed by atoms with Gasteiger partial charge < -0.3 is 5.11 Å². The van der Waals surface area contributed by atoms with Crippen molar-refractivity contribution in [1.29, 1.82) is 0 Å². The predicted octanol–water partition coefficient (Wildman–Crippen LogP) is 2.73. The predicted molar refractivity (Wildman–Crippen MR) is 38.4 cm³/mol. The molecule has 0 amide bonds. The Labute approximate surface area is 63.6 Å². The summed E-state index contributed by atoms with van der Waals surface area (Å²) >= 11 is 11.1. The number of hydrogen-bond donors (Lipinski definition) is 1. The Morgan fingerprint density at radius 2 is 2.11 bits per heavy atom. The summed E-state index contributed by atoms with van der Waals surface area (Å²) in [5.41, 5.74) is 0. The van der Waals surface area contributed by atoms with Gasteiger partial charge in [-0.05, 0) is 12.5 Å². The third-order valence-corrected chi connectivity index (χ3v) is 1.58. The lowest BCUT2D eigenvalue weighted by atomic mass is 10.1. The molecule has 0 heterocycles. The number of rotatable bonds is 0. The van der Waals surface area contributed by atoms with Gasteiger partial charge in [-0.2, -0.15) is 0 Å². The Morgan fingerprint density at radius 3 is 2.56 bits per heavy atom. The van der Waals surface area contributed by atoms with Gasteiger partial charge in [-0.3, -0.25) is 0 Å². The highest BCUT2D eigenvalue weighted by molar-refractivity contribution is 6.35. The lowest BCUT2D eigenvalue weighted by Gasteiger charge is -2.06. The van der Waals surface area contributed by atoms with Crippen molar-refractivity contribution in [2.75, 3.05) is 0 Å². The molecule has 1 nitrogen and oxygen atoms in total. The molecule has 0 fully saturated rings. The van der Waals surface area contributed by atoms with Crippen LogP contribution in [0.5, 0.6) is 0 Å². The van der Waals surface area contributed by atoms with Gasteiger partial charge in [0.2, 0.25) is 0 Å². The van der Waals surface area contributed by atoms with Crippen molar-refractivity contribution in [3.8, 4) is 0 Å². The molecule has 1 aliphatic carbocycles. The maximum Gasteiger partial charge on any atom is 0.115 e. The molecule has 0 bridgehead atoms. The van der Waals surface area contributed by atoms with E-state index >= 15 is 0 Å². The average Bonchev–Trinajstić information content (AvgIpc) is 1.80. The Bertz CT molecular complexity index is 181. The molecule has 9 heavy (non-hydrogen) atoms. The first kappa shape index (κ1) is 6.97. The van der Waals surface area contributed by atoms with E-state index < -0.39 is 0 Å². The van der Waals surface area contributed by atoms with Crippen LogP contribution in [-0.4, -0.2) is 5.11 Å². The van der Waals surface area contributed by atoms with Gasteiger partial charge in [-0.15, -0.1) is 0 Å². The minimum atomic E-state index is 0.112. The van der Waals surface area contributed by atoms with Crippen LogP contribution in [0.3, 0.4) is 0 Å². The maximum atomic E-state index is 8.88. The van der Waals surface area contributed by atoms with Gasteiger partial charge in [-0.25, -0.2) is 0 Å². The Hall–Kier alpha value is -0.140. The van der Waals surface area contributed by atoms with Gasteiger partial charge in [0.25, 0.3) is 0 Å². The average molecular weight is 164 g/mol. The SMILES string of the molecule is OC1=C(Cl)C=C(Cl)C[CH]1. The van der Waals surface area contributed by atoms with Crippen molar-refractivity contribution in [3.63, 3.8) is 0 Å². The normalized spacial score (nSPS) is 20.0. The van der Waals surface area contributed by atoms with E-state index in [-0.39, 0.29) is 5.76 Å². The molecule has 0 aliphatic heterocycles. The number of hydrogen-bond acceptors (Lipinski definition) is 1. The van der Waals surface area contributed by atoms with E-state index in [0.29, 0.717) is 16.5 Å². The zero-order valence-corrected chi connectivity index (χ0v) is 6.08. The molecule has 1 N–H and O–H groups in total. The van der Waals surface area contributed by atoms with Gasteiger partial charge in [0, 0.05) is 11.5 Å². The van der Waals surface area contributed by atoms with Crippen molar-refractivity contribution >= 4 is 23.2 Å². The van der Waals surface area contributed by atoms with Crippen LogP contribution in [0, 0.1) is 6.42 Å². The molecule has 0 atom stereocenters. The van der Waals surface area contributed by atoms with E-state index in [1.54, 1.807) is 12.5 Å². The molecule has 1 aliphatic rings. The summed E-state index contributed by atoms with van der Waals surface area (Å²) in [4.78, 5) is 0. The third-order valence-electron chi connectivity index (χ3n) is 1.02. The van der Waals surface area contributed by atoms with Crippen LogP contribution in [0.1, 0.15) is 6.42 Å². The van der Waals surface area contributed by atoms with E-state index in [1.165, 1.54) is 0 Å². The maximum absolute atomic E-state index is 8.88. The molecule has 1 rings (SSSR count). The highest BCUT2D eigenvalue weighted by atomic mass is 35.5. The number of aliphatic hydroxyl groups is 1. The van der Waals surface area contributed by atoms with Gasteiger partial charge in [0.1, 0.15) is 5.76 Å². The van der Waals surface area contributed by atoms with Crippen LogP contribution in [0.4, 0.5) is 0 Å². The largest absolute Gasteiger partial charge is 0.510 e. The van der Waals surface area contributed by atoms with Gasteiger partial charge in [0.15, 0.2) is 0 Å². The van der Waals surface area contributed by atoms with Crippen LogP contribution >= 0.6 is 23.2 Å². The topological polar surface area (TPSA) is 20.2 Å². The van der Waals surface area contributed by atoms with E-state index in [4.69, 9.17) is 28.3 Å². The van der Waals surface area contributed by atoms with Gasteiger partial charge in [-0.1, -0.05) is 23.2 Å². The van der Waals surface area contributed by atoms with E-state index in [2.05, 4.69) is 0 Å². The highest BCUT2D eigenvalue weighted by Gasteiger charge is 2.08. The summed E-state index contributed by atoms with van der Waals surface area (Å²) in [7, 11) is 0. The van der Waals surface area contributed by atoms with Crippen LogP contribution in [-0.2, 0) is 0 Å². The standard InChI is InChI=1S/C6H5Cl2O/c7-4-1-2-6(9)5(8)3-4/h2-3,9H,1H2. The number of halogens is 2. The molecule has 0 aromatic rings. The Morgan fingerprint density at radius 1 is 1.44 bits per heavy atom. The van der Waals surface area contributed by atoms with Crippen molar-refractivity contribution in [3.05, 3.63) is 28.3 Å². The quantitative estimate of drug-likeness (QED) is 0.583. The first-order chi connectivity index (χ1) is 4.20. The van der Waals surface area contributed by atoms with E-state index in [0.717, 1.165) is 0 Å². The van der Waals surface area contributed by atoms with Crippen LogP contribution in [0.15, 0.2) is 21.9 Å². The van der Waals surface area contributed by atoms with E-state index in [1.807, 2.05) is 0 Å². The molecule has 1 radical (unpaired) electrons. The number of allylic oxidation sites excluding steroid dienone is 4. The van der Waals surface area contributed by atoms with Crippen molar-refractivity contribution in [2.45, 2.75) is 6.42 Å². The zero-order valence-electron chi connectivity index (χ0n) is 4.56. The molecule has 49 valence electrons. The summed E-state index contributed by atoms with van der Waals surface area (Å²) in [6.45, 7) is 0. The molecule has 0 unspecified atom stereocenters. The second-order valence-electron chi connectivity index (χ2n) is 1.73. The first-order valence-corrected chi connectivity index (χ1v) is 3.24. The summed E-state index contributed by atoms with van der Waals surface area (Å²) in [6.07, 6.45) is 3.69. The Balaban J connectivity index is 2.83. The van der Waals surface area contributed by atoms with E-state index in [9.17, 15) is 0 Å². The molecule has 0 aromatic carbocycles. The van der Waals surface area contributed by atoms with Gasteiger partial charge >= 0.3 is 0 Å². The van der Waals surface area contributed by atoms with Crippen molar-refractivity contribution in [1.82, 2.24) is 0 Å². The summed E-state index contributed by atoms with van der Waals surface area (Å²) in [5.74, 6) is 0.112. The highest BCUT2D eigenvalue weighted by Crippen LogP contribution is 2.25. The monoisotopic (exact) mass is 163 g/mol. The van der Waals surface area contributed by atoms with Crippen LogP contribution < -0.4 is 0 Å².